The van der Waals surface area contributed by atoms with Crippen molar-refractivity contribution in [1.82, 2.24) is 0 Å². The van der Waals surface area contributed by atoms with E-state index in [1.807, 2.05) is 36.4 Å². The van der Waals surface area contributed by atoms with Crippen molar-refractivity contribution in [3.8, 4) is 6.07 Å². The molecule has 1 rings (SSSR count). The van der Waals surface area contributed by atoms with E-state index < -0.39 is 0 Å². The summed E-state index contributed by atoms with van der Waals surface area (Å²) in [5.74, 6) is 0. The molecule has 0 saturated carbocycles. The maximum Gasteiger partial charge on any atom is 0.0927 e. The van der Waals surface area contributed by atoms with Crippen LogP contribution in [-0.4, -0.2) is 0 Å². The number of hydrogen-bond donors (Lipinski definition) is 0. The minimum atomic E-state index is 0.990. The van der Waals surface area contributed by atoms with E-state index in [4.69, 9.17) is 5.26 Å². The molecule has 13 heavy (non-hydrogen) atoms. The maximum atomic E-state index is 8.36. The topological polar surface area (TPSA) is 27.0 Å². The van der Waals surface area contributed by atoms with Crippen LogP contribution < -0.4 is 4.90 Å². The number of nitriles is 1. The number of hydrogen-bond acceptors (Lipinski definition) is 2. The second kappa shape index (κ2) is 4.78. The first-order valence-corrected chi connectivity index (χ1v) is 3.90. The van der Waals surface area contributed by atoms with Gasteiger partial charge in [-0.15, -0.1) is 0 Å². The van der Waals surface area contributed by atoms with Crippen LogP contribution in [0.3, 0.4) is 0 Å². The fourth-order valence-corrected chi connectivity index (χ4v) is 0.966. The van der Waals surface area contributed by atoms with E-state index in [1.54, 1.807) is 17.3 Å². The van der Waals surface area contributed by atoms with Gasteiger partial charge >= 0.3 is 0 Å². The normalized spacial score (nSPS) is 9.46. The van der Waals surface area contributed by atoms with Crippen molar-refractivity contribution in [2.24, 2.45) is 0 Å². The van der Waals surface area contributed by atoms with E-state index in [-0.39, 0.29) is 0 Å². The molecule has 0 fully saturated rings. The summed E-state index contributed by atoms with van der Waals surface area (Å²) in [6.07, 6.45) is 4.74. The lowest BCUT2D eigenvalue weighted by Crippen LogP contribution is -2.04. The van der Waals surface area contributed by atoms with Crippen molar-refractivity contribution < 1.29 is 0 Å². The van der Waals surface area contributed by atoms with Gasteiger partial charge in [0.15, 0.2) is 0 Å². The summed E-state index contributed by atoms with van der Waals surface area (Å²) in [5, 5.41) is 8.36. The van der Waals surface area contributed by atoms with E-state index >= 15 is 0 Å². The van der Waals surface area contributed by atoms with Crippen LogP contribution in [0.5, 0.6) is 0 Å². The van der Waals surface area contributed by atoms with E-state index in [0.29, 0.717) is 0 Å². The average Bonchev–Trinajstić information content (AvgIpc) is 2.21. The second-order valence-electron chi connectivity index (χ2n) is 2.37. The monoisotopic (exact) mass is 170 g/mol. The number of nitrogens with zero attached hydrogens (tertiary/aromatic N) is 2. The summed E-state index contributed by atoms with van der Waals surface area (Å²) >= 11 is 0. The molecule has 0 atom stereocenters. The Kier molecular flexibility index (Phi) is 3.34. The van der Waals surface area contributed by atoms with Crippen molar-refractivity contribution in [3.05, 3.63) is 55.4 Å². The predicted octanol–water partition coefficient (Wildman–Crippen LogP) is 2.67. The van der Waals surface area contributed by atoms with Crippen molar-refractivity contribution in [2.45, 2.75) is 0 Å². The van der Waals surface area contributed by atoms with Gasteiger partial charge in [0.1, 0.15) is 0 Å². The molecular weight excluding hydrogens is 160 g/mol. The number of benzene rings is 1. The van der Waals surface area contributed by atoms with Gasteiger partial charge in [0.25, 0.3) is 0 Å². The lowest BCUT2D eigenvalue weighted by molar-refractivity contribution is 1.29. The average molecular weight is 170 g/mol. The lowest BCUT2D eigenvalue weighted by Gasteiger charge is -2.13. The summed E-state index contributed by atoms with van der Waals surface area (Å²) in [7, 11) is 0. The highest BCUT2D eigenvalue weighted by Gasteiger charge is 1.94. The fraction of sp³-hybridized carbons (Fsp3) is 0. The third-order valence-corrected chi connectivity index (χ3v) is 1.56. The van der Waals surface area contributed by atoms with Crippen molar-refractivity contribution in [3.63, 3.8) is 0 Å². The minimum absolute atomic E-state index is 0.990. The molecule has 0 aromatic heterocycles. The number of allylic oxidation sites excluding steroid dienone is 1. The molecule has 2 heteroatoms. The summed E-state index contributed by atoms with van der Waals surface area (Å²) < 4.78 is 0. The standard InChI is InChI=1S/C11H10N2/c1-2-13(10-6-9-12)11-7-4-3-5-8-11/h2-8,10H,1H2. The van der Waals surface area contributed by atoms with E-state index in [2.05, 4.69) is 6.58 Å². The van der Waals surface area contributed by atoms with Gasteiger partial charge in [0, 0.05) is 24.2 Å². The van der Waals surface area contributed by atoms with Gasteiger partial charge in [0.05, 0.1) is 6.07 Å². The molecule has 0 bridgehead atoms. The zero-order valence-corrected chi connectivity index (χ0v) is 7.22. The molecule has 2 nitrogen and oxygen atoms in total. The third kappa shape index (κ3) is 2.49. The van der Waals surface area contributed by atoms with E-state index in [9.17, 15) is 0 Å². The van der Waals surface area contributed by atoms with Gasteiger partial charge < -0.3 is 4.90 Å². The largest absolute Gasteiger partial charge is 0.324 e. The highest BCUT2D eigenvalue weighted by Crippen LogP contribution is 2.13. The highest BCUT2D eigenvalue weighted by atomic mass is 15.1. The van der Waals surface area contributed by atoms with Crippen LogP contribution >= 0.6 is 0 Å². The van der Waals surface area contributed by atoms with Crippen LogP contribution in [-0.2, 0) is 0 Å². The first-order chi connectivity index (χ1) is 6.38. The molecule has 1 aromatic rings. The van der Waals surface area contributed by atoms with Crippen molar-refractivity contribution in [2.75, 3.05) is 4.90 Å². The van der Waals surface area contributed by atoms with Gasteiger partial charge in [-0.1, -0.05) is 24.8 Å². The van der Waals surface area contributed by atoms with Crippen molar-refractivity contribution >= 4 is 5.69 Å². The molecule has 0 aliphatic carbocycles. The molecular formula is C11H10N2. The maximum absolute atomic E-state index is 8.36. The predicted molar refractivity (Wildman–Crippen MR) is 53.9 cm³/mol. The van der Waals surface area contributed by atoms with Gasteiger partial charge in [-0.05, 0) is 12.1 Å². The summed E-state index contributed by atoms with van der Waals surface area (Å²) in [6, 6.07) is 11.6. The van der Waals surface area contributed by atoms with Crippen LogP contribution in [0.15, 0.2) is 55.4 Å². The van der Waals surface area contributed by atoms with Crippen LogP contribution in [0.2, 0.25) is 0 Å². The molecule has 0 radical (unpaired) electrons. The van der Waals surface area contributed by atoms with Crippen molar-refractivity contribution in [1.29, 1.82) is 5.26 Å². The van der Waals surface area contributed by atoms with Gasteiger partial charge in [-0.25, -0.2) is 0 Å². The van der Waals surface area contributed by atoms with Crippen LogP contribution in [0.25, 0.3) is 0 Å². The van der Waals surface area contributed by atoms with Gasteiger partial charge in [-0.3, -0.25) is 0 Å². The second-order valence-corrected chi connectivity index (χ2v) is 2.37. The molecule has 0 unspecified atom stereocenters. The van der Waals surface area contributed by atoms with Crippen LogP contribution in [0, 0.1) is 11.3 Å². The van der Waals surface area contributed by atoms with Gasteiger partial charge in [-0.2, -0.15) is 5.26 Å². The summed E-state index contributed by atoms with van der Waals surface area (Å²) in [5.41, 5.74) is 0.990. The molecule has 0 saturated heterocycles. The van der Waals surface area contributed by atoms with E-state index in [0.717, 1.165) is 5.69 Å². The lowest BCUT2D eigenvalue weighted by atomic mass is 10.3. The summed E-state index contributed by atoms with van der Waals surface area (Å²) in [6.45, 7) is 3.66. The molecule has 1 aromatic carbocycles. The number of anilines is 1. The zero-order valence-electron chi connectivity index (χ0n) is 7.22. The molecule has 0 N–H and O–H groups in total. The van der Waals surface area contributed by atoms with Crippen LogP contribution in [0.1, 0.15) is 0 Å². The third-order valence-electron chi connectivity index (χ3n) is 1.56. The number of rotatable bonds is 3. The molecule has 0 amide bonds. The number of para-hydroxylation sites is 1. The zero-order chi connectivity index (χ0) is 9.52. The SMILES string of the molecule is C=CN(C=CC#N)c1ccccc1. The Morgan fingerprint density at radius 2 is 2.00 bits per heavy atom. The van der Waals surface area contributed by atoms with E-state index in [1.165, 1.54) is 6.08 Å². The Hall–Kier alpha value is -2.01. The molecule has 0 aliphatic rings. The Bertz CT molecular complexity index is 333. The van der Waals surface area contributed by atoms with Crippen LogP contribution in [0.4, 0.5) is 5.69 Å². The Morgan fingerprint density at radius 1 is 1.31 bits per heavy atom. The first-order valence-electron chi connectivity index (χ1n) is 3.90. The highest BCUT2D eigenvalue weighted by molar-refractivity contribution is 5.51. The fourth-order valence-electron chi connectivity index (χ4n) is 0.966. The Morgan fingerprint density at radius 3 is 2.54 bits per heavy atom. The van der Waals surface area contributed by atoms with Gasteiger partial charge in [0.2, 0.25) is 0 Å². The quantitative estimate of drug-likeness (QED) is 0.652. The smallest absolute Gasteiger partial charge is 0.0927 e. The Balaban J connectivity index is 2.86. The molecule has 64 valence electrons. The first kappa shape index (κ1) is 9.08. The molecule has 0 spiro atoms. The molecule has 0 aliphatic heterocycles. The Labute approximate surface area is 78.0 Å². The minimum Gasteiger partial charge on any atom is -0.324 e. The summed E-state index contributed by atoms with van der Waals surface area (Å²) in [4.78, 5) is 1.78. The molecule has 0 heterocycles.